The quantitative estimate of drug-likeness (QED) is 0.709. The highest BCUT2D eigenvalue weighted by atomic mass is 19.1. The Labute approximate surface area is 79.2 Å². The van der Waals surface area contributed by atoms with Gasteiger partial charge in [-0.25, -0.2) is 19.0 Å². The van der Waals surface area contributed by atoms with Gasteiger partial charge in [0, 0.05) is 0 Å². The molecule has 0 atom stereocenters. The molecular weight excluding hydrogens is 187 g/mol. The summed E-state index contributed by atoms with van der Waals surface area (Å²) in [4.78, 5) is 7.73. The van der Waals surface area contributed by atoms with Crippen LogP contribution in [-0.2, 0) is 0 Å². The summed E-state index contributed by atoms with van der Waals surface area (Å²) in [7, 11) is 1.47. The van der Waals surface area contributed by atoms with Crippen molar-refractivity contribution in [2.45, 2.75) is 0 Å². The van der Waals surface area contributed by atoms with E-state index in [1.807, 2.05) is 0 Å². The molecule has 2 heterocycles. The van der Waals surface area contributed by atoms with E-state index in [4.69, 9.17) is 4.74 Å². The summed E-state index contributed by atoms with van der Waals surface area (Å²) in [5.41, 5.74) is 0.578. The number of ether oxygens (including phenoxy) is 1. The van der Waals surface area contributed by atoms with Crippen LogP contribution in [0.15, 0.2) is 24.8 Å². The SMILES string of the molecule is COc1ncc(-n2cc(F)cn2)cn1. The number of halogens is 1. The average molecular weight is 194 g/mol. The van der Waals surface area contributed by atoms with Gasteiger partial charge in [-0.15, -0.1) is 0 Å². The molecule has 0 saturated carbocycles. The predicted octanol–water partition coefficient (Wildman–Crippen LogP) is 0.810. The lowest BCUT2D eigenvalue weighted by Gasteiger charge is -2.00. The van der Waals surface area contributed by atoms with Crippen LogP contribution < -0.4 is 4.74 Å². The molecule has 0 aliphatic rings. The number of rotatable bonds is 2. The van der Waals surface area contributed by atoms with Gasteiger partial charge in [0.25, 0.3) is 0 Å². The fourth-order valence-electron chi connectivity index (χ4n) is 0.975. The molecule has 2 aromatic rings. The van der Waals surface area contributed by atoms with Gasteiger partial charge in [0.05, 0.1) is 31.9 Å². The Hall–Kier alpha value is -1.98. The van der Waals surface area contributed by atoms with Crippen molar-refractivity contribution in [2.75, 3.05) is 7.11 Å². The van der Waals surface area contributed by atoms with Crippen LogP contribution in [0.5, 0.6) is 6.01 Å². The molecule has 72 valence electrons. The highest BCUT2D eigenvalue weighted by molar-refractivity contribution is 5.24. The molecule has 0 unspecified atom stereocenters. The van der Waals surface area contributed by atoms with E-state index in [2.05, 4.69) is 15.1 Å². The molecule has 0 bridgehead atoms. The lowest BCUT2D eigenvalue weighted by Crippen LogP contribution is -1.98. The van der Waals surface area contributed by atoms with E-state index in [9.17, 15) is 4.39 Å². The highest BCUT2D eigenvalue weighted by Gasteiger charge is 2.01. The lowest BCUT2D eigenvalue weighted by molar-refractivity contribution is 0.379. The number of aromatic nitrogens is 4. The summed E-state index contributed by atoms with van der Waals surface area (Å²) in [6.07, 6.45) is 5.35. The van der Waals surface area contributed by atoms with Crippen LogP contribution in [-0.4, -0.2) is 26.9 Å². The third-order valence-corrected chi connectivity index (χ3v) is 1.61. The molecule has 0 fully saturated rings. The summed E-state index contributed by atoms with van der Waals surface area (Å²) < 4.78 is 18.7. The summed E-state index contributed by atoms with van der Waals surface area (Å²) in [6.45, 7) is 0. The second kappa shape index (κ2) is 3.41. The van der Waals surface area contributed by atoms with Crippen molar-refractivity contribution >= 4 is 0 Å². The zero-order valence-corrected chi connectivity index (χ0v) is 7.38. The zero-order chi connectivity index (χ0) is 9.97. The molecule has 0 N–H and O–H groups in total. The first-order valence-corrected chi connectivity index (χ1v) is 3.86. The summed E-state index contributed by atoms with van der Waals surface area (Å²) in [6, 6.07) is 0.265. The van der Waals surface area contributed by atoms with Crippen LogP contribution in [0.1, 0.15) is 0 Å². The van der Waals surface area contributed by atoms with Crippen LogP contribution >= 0.6 is 0 Å². The van der Waals surface area contributed by atoms with E-state index in [-0.39, 0.29) is 6.01 Å². The minimum absolute atomic E-state index is 0.265. The topological polar surface area (TPSA) is 52.8 Å². The Bertz CT molecular complexity index is 425. The largest absolute Gasteiger partial charge is 0.467 e. The van der Waals surface area contributed by atoms with Crippen molar-refractivity contribution in [2.24, 2.45) is 0 Å². The van der Waals surface area contributed by atoms with Crippen molar-refractivity contribution in [1.29, 1.82) is 0 Å². The Morgan fingerprint density at radius 2 is 2.00 bits per heavy atom. The first kappa shape index (κ1) is 8.61. The van der Waals surface area contributed by atoms with Crippen LogP contribution in [0.3, 0.4) is 0 Å². The van der Waals surface area contributed by atoms with Crippen molar-refractivity contribution in [3.8, 4) is 11.7 Å². The Kier molecular flexibility index (Phi) is 2.10. The molecule has 0 amide bonds. The molecule has 0 saturated heterocycles. The molecular formula is C8H7FN4O. The fourth-order valence-corrected chi connectivity index (χ4v) is 0.975. The second-order valence-corrected chi connectivity index (χ2v) is 2.53. The molecule has 6 heteroatoms. The minimum atomic E-state index is -0.402. The van der Waals surface area contributed by atoms with Crippen molar-refractivity contribution < 1.29 is 9.13 Å². The van der Waals surface area contributed by atoms with E-state index in [0.717, 1.165) is 6.20 Å². The van der Waals surface area contributed by atoms with Gasteiger partial charge in [0.1, 0.15) is 5.69 Å². The molecule has 2 aromatic heterocycles. The van der Waals surface area contributed by atoms with Gasteiger partial charge in [-0.2, -0.15) is 5.10 Å². The van der Waals surface area contributed by atoms with Crippen molar-refractivity contribution in [1.82, 2.24) is 19.7 Å². The average Bonchev–Trinajstić information content (AvgIpc) is 2.65. The minimum Gasteiger partial charge on any atom is -0.467 e. The smallest absolute Gasteiger partial charge is 0.316 e. The molecule has 0 aliphatic carbocycles. The molecule has 0 spiro atoms. The van der Waals surface area contributed by atoms with E-state index < -0.39 is 5.82 Å². The Morgan fingerprint density at radius 1 is 1.29 bits per heavy atom. The van der Waals surface area contributed by atoms with Crippen molar-refractivity contribution in [3.05, 3.63) is 30.6 Å². The van der Waals surface area contributed by atoms with Gasteiger partial charge in [0.15, 0.2) is 5.82 Å². The van der Waals surface area contributed by atoms with E-state index in [0.29, 0.717) is 5.69 Å². The highest BCUT2D eigenvalue weighted by Crippen LogP contribution is 2.07. The normalized spacial score (nSPS) is 10.1. The molecule has 14 heavy (non-hydrogen) atoms. The predicted molar refractivity (Wildman–Crippen MR) is 45.7 cm³/mol. The summed E-state index contributed by atoms with van der Waals surface area (Å²) in [5, 5.41) is 3.76. The first-order valence-electron chi connectivity index (χ1n) is 3.86. The van der Waals surface area contributed by atoms with Crippen LogP contribution in [0.4, 0.5) is 4.39 Å². The van der Waals surface area contributed by atoms with E-state index in [1.165, 1.54) is 30.4 Å². The molecule has 2 rings (SSSR count). The van der Waals surface area contributed by atoms with Gasteiger partial charge in [-0.3, -0.25) is 0 Å². The summed E-state index contributed by atoms with van der Waals surface area (Å²) >= 11 is 0. The maximum Gasteiger partial charge on any atom is 0.316 e. The van der Waals surface area contributed by atoms with Gasteiger partial charge < -0.3 is 4.74 Å². The molecule has 5 nitrogen and oxygen atoms in total. The van der Waals surface area contributed by atoms with Gasteiger partial charge >= 0.3 is 6.01 Å². The maximum absolute atomic E-state index is 12.6. The molecule has 0 aromatic carbocycles. The van der Waals surface area contributed by atoms with Crippen molar-refractivity contribution in [3.63, 3.8) is 0 Å². The Balaban J connectivity index is 2.33. The summed E-state index contributed by atoms with van der Waals surface area (Å²) in [5.74, 6) is -0.402. The Morgan fingerprint density at radius 3 is 2.50 bits per heavy atom. The van der Waals surface area contributed by atoms with Gasteiger partial charge in [0.2, 0.25) is 0 Å². The third kappa shape index (κ3) is 1.54. The number of nitrogens with zero attached hydrogens (tertiary/aromatic N) is 4. The van der Waals surface area contributed by atoms with Gasteiger partial charge in [-0.1, -0.05) is 0 Å². The third-order valence-electron chi connectivity index (χ3n) is 1.61. The van der Waals surface area contributed by atoms with E-state index in [1.54, 1.807) is 0 Å². The number of methoxy groups -OCH3 is 1. The monoisotopic (exact) mass is 194 g/mol. The van der Waals surface area contributed by atoms with Crippen LogP contribution in [0.2, 0.25) is 0 Å². The maximum atomic E-state index is 12.6. The second-order valence-electron chi connectivity index (χ2n) is 2.53. The standard InChI is InChI=1S/C8H7FN4O/c1-14-8-10-3-7(4-11-8)13-5-6(9)2-12-13/h2-5H,1H3. The number of hydrogen-bond donors (Lipinski definition) is 0. The zero-order valence-electron chi connectivity index (χ0n) is 7.38. The van der Waals surface area contributed by atoms with Crippen LogP contribution in [0.25, 0.3) is 5.69 Å². The van der Waals surface area contributed by atoms with E-state index >= 15 is 0 Å². The first-order chi connectivity index (χ1) is 6.79. The number of hydrogen-bond acceptors (Lipinski definition) is 4. The molecule has 0 aliphatic heterocycles. The van der Waals surface area contributed by atoms with Crippen LogP contribution in [0, 0.1) is 5.82 Å². The van der Waals surface area contributed by atoms with Gasteiger partial charge in [-0.05, 0) is 0 Å². The lowest BCUT2D eigenvalue weighted by atomic mass is 10.5. The fraction of sp³-hybridized carbons (Fsp3) is 0.125. The molecule has 0 radical (unpaired) electrons.